The first-order valence-electron chi connectivity index (χ1n) is 4.61. The van der Waals surface area contributed by atoms with Crippen LogP contribution in [0.1, 0.15) is 31.3 Å². The van der Waals surface area contributed by atoms with Crippen LogP contribution in [0.15, 0.2) is 6.07 Å². The quantitative estimate of drug-likeness (QED) is 0.814. The summed E-state index contributed by atoms with van der Waals surface area (Å²) < 4.78 is 37.0. The third kappa shape index (κ3) is 3.62. The lowest BCUT2D eigenvalue weighted by atomic mass is 10.2. The molecule has 0 amide bonds. The van der Waals surface area contributed by atoms with Crippen LogP contribution in [0.4, 0.5) is 13.2 Å². The minimum atomic E-state index is -4.46. The Balaban J connectivity index is 3.01. The van der Waals surface area contributed by atoms with Gasteiger partial charge in [0.2, 0.25) is 5.82 Å². The summed E-state index contributed by atoms with van der Waals surface area (Å²) in [5.41, 5.74) is 0.490. The number of aromatic amines is 1. The second kappa shape index (κ2) is 4.74. The fourth-order valence-electron chi connectivity index (χ4n) is 1.14. The Labute approximate surface area is 90.6 Å². The van der Waals surface area contributed by atoms with Crippen LogP contribution < -0.4 is 0 Å². The maximum absolute atomic E-state index is 12.3. The van der Waals surface area contributed by atoms with Gasteiger partial charge in [0, 0.05) is 5.69 Å². The van der Waals surface area contributed by atoms with Gasteiger partial charge in [-0.25, -0.2) is 4.98 Å². The molecule has 0 bridgehead atoms. The Kier molecular flexibility index (Phi) is 3.84. The van der Waals surface area contributed by atoms with Gasteiger partial charge in [-0.1, -0.05) is 25.6 Å². The van der Waals surface area contributed by atoms with Gasteiger partial charge in [0.25, 0.3) is 0 Å². The third-order valence-electron chi connectivity index (χ3n) is 1.87. The van der Waals surface area contributed by atoms with Crippen molar-refractivity contribution >= 4 is 12.2 Å². The number of hydrogen-bond acceptors (Lipinski definition) is 2. The molecule has 84 valence electrons. The molecule has 0 saturated carbocycles. The first kappa shape index (κ1) is 12.2. The predicted molar refractivity (Wildman–Crippen MR) is 53.0 cm³/mol. The predicted octanol–water partition coefficient (Wildman–Crippen LogP) is 3.50. The molecule has 6 heteroatoms. The van der Waals surface area contributed by atoms with Gasteiger partial charge >= 0.3 is 6.18 Å². The van der Waals surface area contributed by atoms with E-state index >= 15 is 0 Å². The number of aryl methyl sites for hydroxylation is 1. The van der Waals surface area contributed by atoms with Crippen LogP contribution in [0.5, 0.6) is 0 Å². The molecular formula is C9H11F3N2S. The second-order valence-electron chi connectivity index (χ2n) is 3.19. The molecule has 0 aliphatic carbocycles. The summed E-state index contributed by atoms with van der Waals surface area (Å²) in [6.07, 6.45) is -2.15. The Morgan fingerprint density at radius 3 is 2.67 bits per heavy atom. The van der Waals surface area contributed by atoms with Crippen molar-refractivity contribution in [3.8, 4) is 0 Å². The highest BCUT2D eigenvalue weighted by Gasteiger charge is 2.33. The van der Waals surface area contributed by atoms with Crippen molar-refractivity contribution in [2.24, 2.45) is 0 Å². The van der Waals surface area contributed by atoms with Crippen molar-refractivity contribution in [3.63, 3.8) is 0 Å². The van der Waals surface area contributed by atoms with Gasteiger partial charge in [0.15, 0.2) is 0 Å². The number of nitrogens with one attached hydrogen (secondary N) is 1. The van der Waals surface area contributed by atoms with Crippen LogP contribution in [0.2, 0.25) is 0 Å². The van der Waals surface area contributed by atoms with Crippen molar-refractivity contribution in [2.75, 3.05) is 0 Å². The van der Waals surface area contributed by atoms with Crippen LogP contribution in [-0.4, -0.2) is 9.97 Å². The minimum absolute atomic E-state index is 0.0211. The lowest BCUT2D eigenvalue weighted by molar-refractivity contribution is -0.145. The SMILES string of the molecule is CCCCc1cc(=S)nc(C(F)(F)F)[nH]1. The summed E-state index contributed by atoms with van der Waals surface area (Å²) in [6, 6.07) is 1.47. The van der Waals surface area contributed by atoms with E-state index in [0.29, 0.717) is 12.1 Å². The molecular weight excluding hydrogens is 225 g/mol. The van der Waals surface area contributed by atoms with Gasteiger partial charge in [0.1, 0.15) is 4.64 Å². The summed E-state index contributed by atoms with van der Waals surface area (Å²) in [5.74, 6) is -1.01. The van der Waals surface area contributed by atoms with Crippen LogP contribution >= 0.6 is 12.2 Å². The van der Waals surface area contributed by atoms with E-state index in [1.54, 1.807) is 0 Å². The Hall–Kier alpha value is -0.910. The number of halogens is 3. The zero-order valence-corrected chi connectivity index (χ0v) is 9.00. The van der Waals surface area contributed by atoms with Crippen LogP contribution in [-0.2, 0) is 12.6 Å². The Morgan fingerprint density at radius 2 is 2.13 bits per heavy atom. The third-order valence-corrected chi connectivity index (χ3v) is 2.08. The smallest absolute Gasteiger partial charge is 0.340 e. The summed E-state index contributed by atoms with van der Waals surface area (Å²) in [7, 11) is 0. The Bertz CT molecular complexity index is 384. The number of hydrogen-bond donors (Lipinski definition) is 1. The second-order valence-corrected chi connectivity index (χ2v) is 3.61. The molecule has 1 aromatic heterocycles. The largest absolute Gasteiger partial charge is 0.449 e. The normalized spacial score (nSPS) is 11.7. The molecule has 0 aliphatic heterocycles. The molecule has 2 nitrogen and oxygen atoms in total. The average molecular weight is 236 g/mol. The molecule has 0 unspecified atom stereocenters. The molecule has 1 aromatic rings. The standard InChI is InChI=1S/C9H11F3N2S/c1-2-3-4-6-5-7(15)14-8(13-6)9(10,11)12/h5H,2-4H2,1H3,(H,13,14,15). The molecule has 1 rings (SSSR count). The number of alkyl halides is 3. The van der Waals surface area contributed by atoms with E-state index in [-0.39, 0.29) is 4.64 Å². The molecule has 0 radical (unpaired) electrons. The number of unbranched alkanes of at least 4 members (excludes halogenated alkanes) is 1. The topological polar surface area (TPSA) is 28.7 Å². The van der Waals surface area contributed by atoms with E-state index in [1.807, 2.05) is 6.92 Å². The first-order valence-corrected chi connectivity index (χ1v) is 5.01. The molecule has 1 heterocycles. The number of aromatic nitrogens is 2. The van der Waals surface area contributed by atoms with E-state index in [2.05, 4.69) is 22.2 Å². The van der Waals surface area contributed by atoms with Crippen LogP contribution in [0.25, 0.3) is 0 Å². The first-order chi connectivity index (χ1) is 6.93. The fourth-order valence-corrected chi connectivity index (χ4v) is 1.38. The number of rotatable bonds is 3. The van der Waals surface area contributed by atoms with Crippen molar-refractivity contribution < 1.29 is 13.2 Å². The summed E-state index contributed by atoms with van der Waals surface area (Å²) >= 11 is 4.68. The van der Waals surface area contributed by atoms with E-state index in [0.717, 1.165) is 12.8 Å². The van der Waals surface area contributed by atoms with Crippen molar-refractivity contribution in [2.45, 2.75) is 32.4 Å². The molecule has 0 aliphatic rings. The highest BCUT2D eigenvalue weighted by Crippen LogP contribution is 2.26. The summed E-state index contributed by atoms with van der Waals surface area (Å²) in [4.78, 5) is 5.50. The maximum atomic E-state index is 12.3. The fraction of sp³-hybridized carbons (Fsp3) is 0.556. The molecule has 0 spiro atoms. The van der Waals surface area contributed by atoms with Gasteiger partial charge < -0.3 is 4.98 Å². The molecule has 0 fully saturated rings. The van der Waals surface area contributed by atoms with E-state index in [4.69, 9.17) is 0 Å². The van der Waals surface area contributed by atoms with Crippen molar-refractivity contribution in [1.29, 1.82) is 0 Å². The van der Waals surface area contributed by atoms with Crippen molar-refractivity contribution in [3.05, 3.63) is 22.2 Å². The molecule has 0 atom stereocenters. The summed E-state index contributed by atoms with van der Waals surface area (Å²) in [6.45, 7) is 1.97. The van der Waals surface area contributed by atoms with E-state index < -0.39 is 12.0 Å². The number of nitrogens with zero attached hydrogens (tertiary/aromatic N) is 1. The Morgan fingerprint density at radius 1 is 1.47 bits per heavy atom. The van der Waals surface area contributed by atoms with E-state index in [9.17, 15) is 13.2 Å². The monoisotopic (exact) mass is 236 g/mol. The lowest BCUT2D eigenvalue weighted by Gasteiger charge is -2.07. The van der Waals surface area contributed by atoms with E-state index in [1.165, 1.54) is 6.07 Å². The van der Waals surface area contributed by atoms with Crippen LogP contribution in [0, 0.1) is 4.64 Å². The van der Waals surface area contributed by atoms with Crippen molar-refractivity contribution in [1.82, 2.24) is 9.97 Å². The molecule has 15 heavy (non-hydrogen) atoms. The molecule has 1 N–H and O–H groups in total. The zero-order chi connectivity index (χ0) is 11.5. The number of H-pyrrole nitrogens is 1. The van der Waals surface area contributed by atoms with Gasteiger partial charge in [-0.3, -0.25) is 0 Å². The minimum Gasteiger partial charge on any atom is -0.340 e. The molecule has 0 aromatic carbocycles. The van der Waals surface area contributed by atoms with Gasteiger partial charge in [0.05, 0.1) is 0 Å². The lowest BCUT2D eigenvalue weighted by Crippen LogP contribution is -2.12. The zero-order valence-electron chi connectivity index (χ0n) is 8.19. The average Bonchev–Trinajstić information content (AvgIpc) is 2.12. The van der Waals surface area contributed by atoms with Gasteiger partial charge in [-0.15, -0.1) is 0 Å². The van der Waals surface area contributed by atoms with Gasteiger partial charge in [-0.05, 0) is 18.9 Å². The van der Waals surface area contributed by atoms with Gasteiger partial charge in [-0.2, -0.15) is 13.2 Å². The maximum Gasteiger partial charge on any atom is 0.449 e. The van der Waals surface area contributed by atoms with Crippen LogP contribution in [0.3, 0.4) is 0 Å². The highest BCUT2D eigenvalue weighted by molar-refractivity contribution is 7.71. The summed E-state index contributed by atoms with van der Waals surface area (Å²) in [5, 5.41) is 0. The molecule has 0 saturated heterocycles. The highest BCUT2D eigenvalue weighted by atomic mass is 32.1.